The first-order valence-corrected chi connectivity index (χ1v) is 7.05. The van der Waals surface area contributed by atoms with Crippen molar-refractivity contribution in [2.75, 3.05) is 5.32 Å². The molecule has 1 heterocycles. The molecule has 0 saturated heterocycles. The van der Waals surface area contributed by atoms with Gasteiger partial charge in [-0.1, -0.05) is 23.7 Å². The summed E-state index contributed by atoms with van der Waals surface area (Å²) in [7, 11) is 0. The first-order valence-electron chi connectivity index (χ1n) is 6.67. The molecule has 0 aliphatic rings. The zero-order chi connectivity index (χ0) is 15.2. The fourth-order valence-corrected chi connectivity index (χ4v) is 1.83. The third-order valence-electron chi connectivity index (χ3n) is 2.70. The summed E-state index contributed by atoms with van der Waals surface area (Å²) in [5.41, 5.74) is 1.26. The van der Waals surface area contributed by atoms with E-state index in [9.17, 15) is 4.79 Å². The van der Waals surface area contributed by atoms with Crippen LogP contribution in [0.25, 0.3) is 0 Å². The lowest BCUT2D eigenvalue weighted by Gasteiger charge is -2.08. The van der Waals surface area contributed by atoms with Gasteiger partial charge in [0.25, 0.3) is 5.91 Å². The number of benzene rings is 1. The molecule has 0 bridgehead atoms. The van der Waals surface area contributed by atoms with Gasteiger partial charge in [-0.2, -0.15) is 0 Å². The monoisotopic (exact) mass is 304 g/mol. The van der Waals surface area contributed by atoms with Crippen molar-refractivity contribution in [1.29, 1.82) is 0 Å². The molecule has 2 aromatic rings. The van der Waals surface area contributed by atoms with Crippen LogP contribution in [0.4, 0.5) is 5.82 Å². The predicted octanol–water partition coefficient (Wildman–Crippen LogP) is 2.88. The number of rotatable bonds is 5. The van der Waals surface area contributed by atoms with Crippen molar-refractivity contribution in [2.45, 2.75) is 26.4 Å². The Morgan fingerprint density at radius 2 is 1.86 bits per heavy atom. The normalized spacial score (nSPS) is 10.5. The number of nitrogens with one attached hydrogen (secondary N) is 2. The van der Waals surface area contributed by atoms with E-state index in [4.69, 9.17) is 11.6 Å². The van der Waals surface area contributed by atoms with Crippen LogP contribution in [-0.2, 0) is 6.54 Å². The van der Waals surface area contributed by atoms with Gasteiger partial charge in [-0.05, 0) is 43.7 Å². The Bertz CT molecular complexity index is 596. The highest BCUT2D eigenvalue weighted by molar-refractivity contribution is 6.30. The van der Waals surface area contributed by atoms with Gasteiger partial charge >= 0.3 is 0 Å². The van der Waals surface area contributed by atoms with Gasteiger partial charge in [-0.25, -0.2) is 0 Å². The van der Waals surface area contributed by atoms with Crippen LogP contribution in [0.1, 0.15) is 29.9 Å². The van der Waals surface area contributed by atoms with Gasteiger partial charge in [0.05, 0.1) is 0 Å². The third kappa shape index (κ3) is 4.72. The SMILES string of the molecule is CC(C)Nc1ccc(C(=O)NCc2ccc(Cl)cc2)nn1. The highest BCUT2D eigenvalue weighted by Gasteiger charge is 2.08. The minimum Gasteiger partial charge on any atom is -0.366 e. The second kappa shape index (κ2) is 7.04. The molecule has 110 valence electrons. The van der Waals surface area contributed by atoms with E-state index in [1.54, 1.807) is 24.3 Å². The first kappa shape index (κ1) is 15.3. The topological polar surface area (TPSA) is 66.9 Å². The van der Waals surface area contributed by atoms with E-state index in [2.05, 4.69) is 20.8 Å². The van der Waals surface area contributed by atoms with Crippen molar-refractivity contribution in [2.24, 2.45) is 0 Å². The smallest absolute Gasteiger partial charge is 0.272 e. The molecule has 1 amide bonds. The average Bonchev–Trinajstić information content (AvgIpc) is 2.46. The molecule has 0 fully saturated rings. The van der Waals surface area contributed by atoms with Crippen LogP contribution in [0, 0.1) is 0 Å². The van der Waals surface area contributed by atoms with Crippen molar-refractivity contribution in [3.05, 3.63) is 52.7 Å². The minimum absolute atomic E-state index is 0.256. The quantitative estimate of drug-likeness (QED) is 0.891. The number of hydrogen-bond donors (Lipinski definition) is 2. The fraction of sp³-hybridized carbons (Fsp3) is 0.267. The molecule has 0 unspecified atom stereocenters. The van der Waals surface area contributed by atoms with E-state index in [1.165, 1.54) is 0 Å². The summed E-state index contributed by atoms with van der Waals surface area (Å²) >= 11 is 5.81. The van der Waals surface area contributed by atoms with Crippen LogP contribution in [0.15, 0.2) is 36.4 Å². The number of halogens is 1. The second-order valence-electron chi connectivity index (χ2n) is 4.91. The van der Waals surface area contributed by atoms with Crippen LogP contribution < -0.4 is 10.6 Å². The lowest BCUT2D eigenvalue weighted by molar-refractivity contribution is 0.0945. The van der Waals surface area contributed by atoms with Crippen LogP contribution in [0.2, 0.25) is 5.02 Å². The van der Waals surface area contributed by atoms with Crippen molar-refractivity contribution >= 4 is 23.3 Å². The maximum atomic E-state index is 12.0. The van der Waals surface area contributed by atoms with Crippen LogP contribution in [-0.4, -0.2) is 22.1 Å². The number of nitrogens with zero attached hydrogens (tertiary/aromatic N) is 2. The van der Waals surface area contributed by atoms with E-state index < -0.39 is 0 Å². The van der Waals surface area contributed by atoms with Crippen LogP contribution >= 0.6 is 11.6 Å². The number of amides is 1. The minimum atomic E-state index is -0.256. The van der Waals surface area contributed by atoms with Gasteiger partial charge in [0.2, 0.25) is 0 Å². The Morgan fingerprint density at radius 3 is 2.43 bits per heavy atom. The third-order valence-corrected chi connectivity index (χ3v) is 2.95. The molecule has 2 rings (SSSR count). The molecular weight excluding hydrogens is 288 g/mol. The Kier molecular flexibility index (Phi) is 5.11. The molecular formula is C15H17ClN4O. The Balaban J connectivity index is 1.92. The zero-order valence-corrected chi connectivity index (χ0v) is 12.7. The fourth-order valence-electron chi connectivity index (χ4n) is 1.70. The Hall–Kier alpha value is -2.14. The highest BCUT2D eigenvalue weighted by atomic mass is 35.5. The predicted molar refractivity (Wildman–Crippen MR) is 83.4 cm³/mol. The van der Waals surface area contributed by atoms with Crippen molar-refractivity contribution in [1.82, 2.24) is 15.5 Å². The van der Waals surface area contributed by atoms with E-state index in [0.29, 0.717) is 23.1 Å². The van der Waals surface area contributed by atoms with Crippen LogP contribution in [0.5, 0.6) is 0 Å². The number of anilines is 1. The molecule has 21 heavy (non-hydrogen) atoms. The molecule has 1 aromatic carbocycles. The largest absolute Gasteiger partial charge is 0.366 e. The molecule has 0 aliphatic heterocycles. The maximum absolute atomic E-state index is 12.0. The van der Waals surface area contributed by atoms with E-state index in [0.717, 1.165) is 5.56 Å². The van der Waals surface area contributed by atoms with Gasteiger partial charge in [-0.15, -0.1) is 10.2 Å². The molecule has 0 atom stereocenters. The highest BCUT2D eigenvalue weighted by Crippen LogP contribution is 2.09. The summed E-state index contributed by atoms with van der Waals surface area (Å²) in [5.74, 6) is 0.396. The molecule has 2 N–H and O–H groups in total. The summed E-state index contributed by atoms with van der Waals surface area (Å²) in [6, 6.07) is 11.0. The van der Waals surface area contributed by atoms with Crippen LogP contribution in [0.3, 0.4) is 0 Å². The molecule has 1 aromatic heterocycles. The molecule has 5 nitrogen and oxygen atoms in total. The molecule has 0 aliphatic carbocycles. The van der Waals surface area contributed by atoms with E-state index in [1.807, 2.05) is 26.0 Å². The second-order valence-corrected chi connectivity index (χ2v) is 5.35. The Labute approximate surface area is 128 Å². The average molecular weight is 305 g/mol. The van der Waals surface area contributed by atoms with Gasteiger partial charge in [0, 0.05) is 17.6 Å². The van der Waals surface area contributed by atoms with Gasteiger partial charge in [0.1, 0.15) is 5.82 Å². The van der Waals surface area contributed by atoms with E-state index >= 15 is 0 Å². The maximum Gasteiger partial charge on any atom is 0.272 e. The van der Waals surface area contributed by atoms with Crippen molar-refractivity contribution in [3.63, 3.8) is 0 Å². The van der Waals surface area contributed by atoms with E-state index in [-0.39, 0.29) is 11.9 Å². The zero-order valence-electron chi connectivity index (χ0n) is 11.9. The number of hydrogen-bond acceptors (Lipinski definition) is 4. The van der Waals surface area contributed by atoms with Gasteiger partial charge < -0.3 is 10.6 Å². The molecule has 0 spiro atoms. The summed E-state index contributed by atoms with van der Waals surface area (Å²) in [6.45, 7) is 4.44. The molecule has 6 heteroatoms. The lowest BCUT2D eigenvalue weighted by atomic mass is 10.2. The molecule has 0 saturated carbocycles. The van der Waals surface area contributed by atoms with Gasteiger partial charge in [0.15, 0.2) is 5.69 Å². The summed E-state index contributed by atoms with van der Waals surface area (Å²) in [6.07, 6.45) is 0. The summed E-state index contributed by atoms with van der Waals surface area (Å²) in [4.78, 5) is 12.0. The number of aromatic nitrogens is 2. The Morgan fingerprint density at radius 1 is 1.14 bits per heavy atom. The number of carbonyl (C=O) groups is 1. The number of carbonyl (C=O) groups excluding carboxylic acids is 1. The summed E-state index contributed by atoms with van der Waals surface area (Å²) in [5, 5.41) is 14.5. The lowest BCUT2D eigenvalue weighted by Crippen LogP contribution is -2.24. The summed E-state index contributed by atoms with van der Waals surface area (Å²) < 4.78 is 0. The standard InChI is InChI=1S/C15H17ClN4O/c1-10(2)18-14-8-7-13(19-20-14)15(21)17-9-11-3-5-12(16)6-4-11/h3-8,10H,9H2,1-2H3,(H,17,21)(H,18,20). The van der Waals surface area contributed by atoms with Gasteiger partial charge in [-0.3, -0.25) is 4.79 Å². The van der Waals surface area contributed by atoms with Crippen molar-refractivity contribution in [3.8, 4) is 0 Å². The molecule has 0 radical (unpaired) electrons. The van der Waals surface area contributed by atoms with Crippen molar-refractivity contribution < 1.29 is 4.79 Å². The first-order chi connectivity index (χ1) is 10.0.